The molecule has 0 unspecified atom stereocenters. The first-order valence-corrected chi connectivity index (χ1v) is 10.1. The second kappa shape index (κ2) is 11.7. The van der Waals surface area contributed by atoms with Crippen molar-refractivity contribution in [1.29, 1.82) is 0 Å². The quantitative estimate of drug-likeness (QED) is 0.334. The Morgan fingerprint density at radius 3 is 2.48 bits per heavy atom. The lowest BCUT2D eigenvalue weighted by atomic mass is 9.99. The minimum atomic E-state index is 0.777. The largest absolute Gasteiger partial charge is 0.383 e. The Morgan fingerprint density at radius 2 is 1.84 bits per heavy atom. The molecule has 1 heterocycles. The maximum Gasteiger partial charge on any atom is 0.191 e. The summed E-state index contributed by atoms with van der Waals surface area (Å²) in [5, 5.41) is 6.89. The molecule has 0 amide bonds. The van der Waals surface area contributed by atoms with E-state index in [4.69, 9.17) is 4.74 Å². The molecule has 0 aromatic carbocycles. The predicted molar refractivity (Wildman–Crippen MR) is 105 cm³/mol. The molecule has 0 radical (unpaired) electrons. The molecule has 0 bridgehead atoms. The second-order valence-electron chi connectivity index (χ2n) is 7.56. The van der Waals surface area contributed by atoms with Crippen LogP contribution in [0.3, 0.4) is 0 Å². The Hall–Kier alpha value is -0.850. The zero-order valence-corrected chi connectivity index (χ0v) is 16.6. The van der Waals surface area contributed by atoms with Crippen LogP contribution in [0.5, 0.6) is 0 Å². The SMILES string of the molecule is CN=C(NCCCN1CCC(C)CC1)NCCN(CCOC)C1CC1. The number of hydrogen-bond acceptors (Lipinski definition) is 4. The average Bonchev–Trinajstić information content (AvgIpc) is 3.46. The van der Waals surface area contributed by atoms with E-state index in [1.807, 2.05) is 7.05 Å². The van der Waals surface area contributed by atoms with Crippen molar-refractivity contribution in [2.45, 2.75) is 45.1 Å². The van der Waals surface area contributed by atoms with Crippen LogP contribution in [0.2, 0.25) is 0 Å². The molecule has 1 aliphatic carbocycles. The number of methoxy groups -OCH3 is 1. The Bertz CT molecular complexity index is 378. The van der Waals surface area contributed by atoms with Gasteiger partial charge in [0.05, 0.1) is 6.61 Å². The van der Waals surface area contributed by atoms with Gasteiger partial charge in [0, 0.05) is 46.4 Å². The van der Waals surface area contributed by atoms with Gasteiger partial charge >= 0.3 is 0 Å². The highest BCUT2D eigenvalue weighted by Gasteiger charge is 2.28. The average molecular weight is 354 g/mol. The van der Waals surface area contributed by atoms with Crippen molar-refractivity contribution in [3.05, 3.63) is 0 Å². The lowest BCUT2D eigenvalue weighted by Crippen LogP contribution is -2.43. The van der Waals surface area contributed by atoms with Gasteiger partial charge in [0.25, 0.3) is 0 Å². The number of likely N-dealkylation sites (tertiary alicyclic amines) is 1. The van der Waals surface area contributed by atoms with Gasteiger partial charge in [-0.1, -0.05) is 6.92 Å². The van der Waals surface area contributed by atoms with E-state index >= 15 is 0 Å². The summed E-state index contributed by atoms with van der Waals surface area (Å²) in [6, 6.07) is 0.777. The number of ether oxygens (including phenoxy) is 1. The van der Waals surface area contributed by atoms with E-state index in [9.17, 15) is 0 Å². The fourth-order valence-corrected chi connectivity index (χ4v) is 3.46. The summed E-state index contributed by atoms with van der Waals surface area (Å²) >= 11 is 0. The topological polar surface area (TPSA) is 52.1 Å². The number of nitrogens with one attached hydrogen (secondary N) is 2. The normalized spacial score (nSPS) is 20.2. The summed E-state index contributed by atoms with van der Waals surface area (Å²) in [5.74, 6) is 1.84. The minimum Gasteiger partial charge on any atom is -0.383 e. The first kappa shape index (κ1) is 20.5. The van der Waals surface area contributed by atoms with Crippen LogP contribution in [0.1, 0.15) is 39.0 Å². The first-order chi connectivity index (χ1) is 12.2. The molecule has 0 aromatic heterocycles. The molecule has 6 nitrogen and oxygen atoms in total. The number of nitrogens with zero attached hydrogens (tertiary/aromatic N) is 3. The number of guanidine groups is 1. The van der Waals surface area contributed by atoms with Crippen LogP contribution in [0.15, 0.2) is 4.99 Å². The fraction of sp³-hybridized carbons (Fsp3) is 0.947. The van der Waals surface area contributed by atoms with Gasteiger partial charge < -0.3 is 20.3 Å². The lowest BCUT2D eigenvalue weighted by molar-refractivity contribution is 0.144. The van der Waals surface area contributed by atoms with Crippen LogP contribution in [-0.2, 0) is 4.74 Å². The second-order valence-corrected chi connectivity index (χ2v) is 7.56. The van der Waals surface area contributed by atoms with Gasteiger partial charge in [-0.25, -0.2) is 0 Å². The molecule has 0 spiro atoms. The summed E-state index contributed by atoms with van der Waals surface area (Å²) in [4.78, 5) is 9.47. The summed E-state index contributed by atoms with van der Waals surface area (Å²) in [6.45, 7) is 10.9. The summed E-state index contributed by atoms with van der Waals surface area (Å²) in [5.41, 5.74) is 0. The van der Waals surface area contributed by atoms with Gasteiger partial charge in [-0.15, -0.1) is 0 Å². The molecule has 146 valence electrons. The van der Waals surface area contributed by atoms with Gasteiger partial charge in [0.2, 0.25) is 0 Å². The molecule has 0 aromatic rings. The number of piperidine rings is 1. The maximum atomic E-state index is 5.22. The third kappa shape index (κ3) is 8.38. The standard InChI is InChI=1S/C19H39N5O/c1-17-7-12-23(13-8-17)11-4-9-21-19(20-2)22-10-14-24(15-16-25-3)18-5-6-18/h17-18H,4-16H2,1-3H3,(H2,20,21,22). The minimum absolute atomic E-state index is 0.777. The van der Waals surface area contributed by atoms with E-state index in [1.165, 1.54) is 51.7 Å². The van der Waals surface area contributed by atoms with Crippen molar-refractivity contribution >= 4 is 5.96 Å². The predicted octanol–water partition coefficient (Wildman–Crippen LogP) is 1.38. The highest BCUT2D eigenvalue weighted by Crippen LogP contribution is 2.25. The molecule has 25 heavy (non-hydrogen) atoms. The third-order valence-electron chi connectivity index (χ3n) is 5.38. The molecule has 2 aliphatic rings. The van der Waals surface area contributed by atoms with E-state index in [-0.39, 0.29) is 0 Å². The Kier molecular flexibility index (Phi) is 9.58. The molecule has 1 saturated carbocycles. The van der Waals surface area contributed by atoms with Crippen molar-refractivity contribution in [3.63, 3.8) is 0 Å². The molecular formula is C19H39N5O. The molecule has 6 heteroatoms. The van der Waals surface area contributed by atoms with Crippen LogP contribution in [0, 0.1) is 5.92 Å². The van der Waals surface area contributed by atoms with Crippen molar-refractivity contribution < 1.29 is 4.74 Å². The highest BCUT2D eigenvalue weighted by atomic mass is 16.5. The number of rotatable bonds is 11. The van der Waals surface area contributed by atoms with Crippen LogP contribution in [-0.4, -0.2) is 88.4 Å². The van der Waals surface area contributed by atoms with Gasteiger partial charge in [-0.2, -0.15) is 0 Å². The van der Waals surface area contributed by atoms with E-state index < -0.39 is 0 Å². The maximum absolute atomic E-state index is 5.22. The van der Waals surface area contributed by atoms with Crippen LogP contribution in [0.4, 0.5) is 0 Å². The summed E-state index contributed by atoms with van der Waals surface area (Å²) < 4.78 is 5.22. The molecule has 2 fully saturated rings. The van der Waals surface area contributed by atoms with Gasteiger partial charge in [-0.3, -0.25) is 9.89 Å². The third-order valence-corrected chi connectivity index (χ3v) is 5.38. The fourth-order valence-electron chi connectivity index (χ4n) is 3.46. The van der Waals surface area contributed by atoms with Crippen LogP contribution in [0.25, 0.3) is 0 Å². The Balaban J connectivity index is 1.52. The lowest BCUT2D eigenvalue weighted by Gasteiger charge is -2.30. The van der Waals surface area contributed by atoms with Crippen molar-refractivity contribution in [2.75, 3.05) is 66.6 Å². The summed E-state index contributed by atoms with van der Waals surface area (Å²) in [6.07, 6.45) is 6.57. The van der Waals surface area contributed by atoms with Gasteiger partial charge in [-0.05, 0) is 57.7 Å². The monoisotopic (exact) mass is 353 g/mol. The van der Waals surface area contributed by atoms with Crippen molar-refractivity contribution in [2.24, 2.45) is 10.9 Å². The van der Waals surface area contributed by atoms with E-state index in [2.05, 4.69) is 32.3 Å². The molecular weight excluding hydrogens is 314 g/mol. The van der Waals surface area contributed by atoms with Crippen LogP contribution < -0.4 is 10.6 Å². The Labute approximate surface area is 154 Å². The smallest absolute Gasteiger partial charge is 0.191 e. The first-order valence-electron chi connectivity index (χ1n) is 10.1. The zero-order valence-electron chi connectivity index (χ0n) is 16.6. The van der Waals surface area contributed by atoms with Crippen molar-refractivity contribution in [1.82, 2.24) is 20.4 Å². The summed E-state index contributed by atoms with van der Waals surface area (Å²) in [7, 11) is 3.63. The van der Waals surface area contributed by atoms with E-state index in [0.29, 0.717) is 0 Å². The van der Waals surface area contributed by atoms with E-state index in [1.54, 1.807) is 7.11 Å². The Morgan fingerprint density at radius 1 is 1.12 bits per heavy atom. The van der Waals surface area contributed by atoms with Crippen molar-refractivity contribution in [3.8, 4) is 0 Å². The molecule has 1 saturated heterocycles. The molecule has 0 atom stereocenters. The zero-order chi connectivity index (χ0) is 17.9. The van der Waals surface area contributed by atoms with Crippen LogP contribution >= 0.6 is 0 Å². The molecule has 2 N–H and O–H groups in total. The highest BCUT2D eigenvalue weighted by molar-refractivity contribution is 5.79. The molecule has 1 aliphatic heterocycles. The van der Waals surface area contributed by atoms with Gasteiger partial charge in [0.1, 0.15) is 0 Å². The number of aliphatic imine (C=N–C) groups is 1. The molecule has 2 rings (SSSR count). The van der Waals surface area contributed by atoms with Gasteiger partial charge in [0.15, 0.2) is 5.96 Å². The van der Waals surface area contributed by atoms with E-state index in [0.717, 1.165) is 50.7 Å². The number of hydrogen-bond donors (Lipinski definition) is 2.